The summed E-state index contributed by atoms with van der Waals surface area (Å²) in [6.45, 7) is 0.225. The van der Waals surface area contributed by atoms with Gasteiger partial charge in [-0.2, -0.15) is 4.39 Å². The lowest BCUT2D eigenvalue weighted by Crippen LogP contribution is -2.45. The van der Waals surface area contributed by atoms with E-state index in [-0.39, 0.29) is 24.1 Å². The first kappa shape index (κ1) is 12.0. The van der Waals surface area contributed by atoms with Crippen LogP contribution in [0.3, 0.4) is 0 Å². The largest absolute Gasteiger partial charge is 0.395 e. The number of nitrogens with zero attached hydrogens (tertiary/aromatic N) is 2. The average Bonchev–Trinajstić information content (AvgIpc) is 2.25. The normalized spacial score (nSPS) is 15.4. The number of hydrogen-bond acceptors (Lipinski definition) is 3. The summed E-state index contributed by atoms with van der Waals surface area (Å²) >= 11 is 0. The highest BCUT2D eigenvalue weighted by Gasteiger charge is 2.29. The minimum absolute atomic E-state index is 0.0736. The number of carbonyl (C=O) groups is 1. The first-order valence-electron chi connectivity index (χ1n) is 5.76. The first-order valence-corrected chi connectivity index (χ1v) is 5.76. The van der Waals surface area contributed by atoms with E-state index in [0.717, 1.165) is 25.3 Å². The molecule has 92 valence electrons. The van der Waals surface area contributed by atoms with Crippen LogP contribution in [0.5, 0.6) is 0 Å². The Labute approximate surface area is 99.1 Å². The van der Waals surface area contributed by atoms with Crippen molar-refractivity contribution >= 4 is 5.91 Å². The molecule has 0 saturated heterocycles. The van der Waals surface area contributed by atoms with Crippen molar-refractivity contribution in [3.63, 3.8) is 0 Å². The van der Waals surface area contributed by atoms with Crippen molar-refractivity contribution in [1.82, 2.24) is 9.88 Å². The second-order valence-corrected chi connectivity index (χ2v) is 4.17. The van der Waals surface area contributed by atoms with E-state index in [2.05, 4.69) is 4.98 Å². The molecule has 0 bridgehead atoms. The Balaban J connectivity index is 2.15. The maximum absolute atomic E-state index is 12.9. The molecule has 1 amide bonds. The van der Waals surface area contributed by atoms with Crippen molar-refractivity contribution in [2.45, 2.75) is 25.3 Å². The van der Waals surface area contributed by atoms with Gasteiger partial charge in [0, 0.05) is 30.4 Å². The molecule has 2 rings (SSSR count). The fourth-order valence-electron chi connectivity index (χ4n) is 1.96. The topological polar surface area (TPSA) is 53.4 Å². The number of halogens is 1. The molecule has 1 heterocycles. The highest BCUT2D eigenvalue weighted by atomic mass is 19.1. The standard InChI is InChI=1S/C12H15FN2O2/c13-11-8-9(4-5-14-11)12(17)15(6-7-16)10-2-1-3-10/h4-5,8,10,16H,1-3,6-7H2. The van der Waals surface area contributed by atoms with Gasteiger partial charge in [-0.1, -0.05) is 0 Å². The van der Waals surface area contributed by atoms with Crippen molar-refractivity contribution in [2.75, 3.05) is 13.2 Å². The Kier molecular flexibility index (Phi) is 3.68. The van der Waals surface area contributed by atoms with Gasteiger partial charge in [-0.15, -0.1) is 0 Å². The molecule has 17 heavy (non-hydrogen) atoms. The predicted octanol–water partition coefficient (Wildman–Crippen LogP) is 1.21. The molecular weight excluding hydrogens is 223 g/mol. The molecular formula is C12H15FN2O2. The van der Waals surface area contributed by atoms with E-state index in [1.807, 2.05) is 0 Å². The van der Waals surface area contributed by atoms with E-state index in [1.54, 1.807) is 4.90 Å². The zero-order chi connectivity index (χ0) is 12.3. The Bertz CT molecular complexity index is 407. The quantitative estimate of drug-likeness (QED) is 0.802. The van der Waals surface area contributed by atoms with Crippen LogP contribution in [0.1, 0.15) is 29.6 Å². The highest BCUT2D eigenvalue weighted by molar-refractivity contribution is 5.94. The van der Waals surface area contributed by atoms with Crippen molar-refractivity contribution in [2.24, 2.45) is 0 Å². The molecule has 1 aromatic rings. The minimum atomic E-state index is -0.659. The number of pyridine rings is 1. The second-order valence-electron chi connectivity index (χ2n) is 4.17. The average molecular weight is 238 g/mol. The molecule has 5 heteroatoms. The second kappa shape index (κ2) is 5.23. The molecule has 1 aliphatic rings. The van der Waals surface area contributed by atoms with E-state index in [4.69, 9.17) is 5.11 Å². The molecule has 0 radical (unpaired) electrons. The Morgan fingerprint density at radius 2 is 2.35 bits per heavy atom. The summed E-state index contributed by atoms with van der Waals surface area (Å²) in [6.07, 6.45) is 4.30. The molecule has 0 unspecified atom stereocenters. The number of aliphatic hydroxyl groups excluding tert-OH is 1. The lowest BCUT2D eigenvalue weighted by Gasteiger charge is -2.37. The number of amides is 1. The Morgan fingerprint density at radius 1 is 1.59 bits per heavy atom. The monoisotopic (exact) mass is 238 g/mol. The molecule has 0 spiro atoms. The van der Waals surface area contributed by atoms with E-state index in [1.165, 1.54) is 12.3 Å². The minimum Gasteiger partial charge on any atom is -0.395 e. The summed E-state index contributed by atoms with van der Waals surface area (Å²) in [4.78, 5) is 17.2. The van der Waals surface area contributed by atoms with Crippen LogP contribution in [0.4, 0.5) is 4.39 Å². The maximum atomic E-state index is 12.9. The van der Waals surface area contributed by atoms with Gasteiger partial charge >= 0.3 is 0 Å². The van der Waals surface area contributed by atoms with Gasteiger partial charge < -0.3 is 10.0 Å². The third-order valence-electron chi connectivity index (χ3n) is 3.09. The van der Waals surface area contributed by atoms with Crippen LogP contribution in [0, 0.1) is 5.95 Å². The Hall–Kier alpha value is -1.49. The van der Waals surface area contributed by atoms with Crippen LogP contribution < -0.4 is 0 Å². The van der Waals surface area contributed by atoms with Crippen LogP contribution >= 0.6 is 0 Å². The van der Waals surface area contributed by atoms with Gasteiger partial charge in [0.15, 0.2) is 0 Å². The van der Waals surface area contributed by atoms with Crippen molar-refractivity contribution in [3.8, 4) is 0 Å². The SMILES string of the molecule is O=C(c1ccnc(F)c1)N(CCO)C1CCC1. The van der Waals surface area contributed by atoms with Crippen LogP contribution in [0.15, 0.2) is 18.3 Å². The Morgan fingerprint density at radius 3 is 2.88 bits per heavy atom. The van der Waals surface area contributed by atoms with Gasteiger partial charge in [0.05, 0.1) is 6.61 Å². The van der Waals surface area contributed by atoms with Crippen LogP contribution in [0.2, 0.25) is 0 Å². The summed E-state index contributed by atoms with van der Waals surface area (Å²) < 4.78 is 12.9. The van der Waals surface area contributed by atoms with Gasteiger partial charge in [0.2, 0.25) is 5.95 Å². The molecule has 0 atom stereocenters. The zero-order valence-corrected chi connectivity index (χ0v) is 9.47. The van der Waals surface area contributed by atoms with Crippen molar-refractivity contribution in [1.29, 1.82) is 0 Å². The molecule has 0 aliphatic heterocycles. The van der Waals surface area contributed by atoms with E-state index >= 15 is 0 Å². The third kappa shape index (κ3) is 2.61. The van der Waals surface area contributed by atoms with Crippen LogP contribution in [-0.2, 0) is 0 Å². The van der Waals surface area contributed by atoms with Gasteiger partial charge in [-0.3, -0.25) is 4.79 Å². The van der Waals surface area contributed by atoms with E-state index in [9.17, 15) is 9.18 Å². The number of carbonyl (C=O) groups excluding carboxylic acids is 1. The maximum Gasteiger partial charge on any atom is 0.254 e. The molecule has 1 aliphatic carbocycles. The molecule has 1 fully saturated rings. The van der Waals surface area contributed by atoms with Crippen molar-refractivity contribution < 1.29 is 14.3 Å². The van der Waals surface area contributed by atoms with E-state index < -0.39 is 5.95 Å². The highest BCUT2D eigenvalue weighted by Crippen LogP contribution is 2.25. The summed E-state index contributed by atoms with van der Waals surface area (Å²) in [5.74, 6) is -0.890. The van der Waals surface area contributed by atoms with Crippen LogP contribution in [0.25, 0.3) is 0 Å². The fourth-order valence-corrected chi connectivity index (χ4v) is 1.96. The lowest BCUT2D eigenvalue weighted by atomic mass is 9.91. The third-order valence-corrected chi connectivity index (χ3v) is 3.09. The van der Waals surface area contributed by atoms with Gasteiger partial charge in [0.1, 0.15) is 0 Å². The van der Waals surface area contributed by atoms with E-state index in [0.29, 0.717) is 6.54 Å². The zero-order valence-electron chi connectivity index (χ0n) is 9.47. The number of rotatable bonds is 4. The number of hydrogen-bond donors (Lipinski definition) is 1. The van der Waals surface area contributed by atoms with Gasteiger partial charge in [-0.05, 0) is 25.3 Å². The van der Waals surface area contributed by atoms with Gasteiger partial charge in [0.25, 0.3) is 5.91 Å². The van der Waals surface area contributed by atoms with Crippen molar-refractivity contribution in [3.05, 3.63) is 29.8 Å². The van der Waals surface area contributed by atoms with Gasteiger partial charge in [-0.25, -0.2) is 4.98 Å². The first-order chi connectivity index (χ1) is 8.22. The predicted molar refractivity (Wildman–Crippen MR) is 60.0 cm³/mol. The number of aliphatic hydroxyl groups is 1. The summed E-state index contributed by atoms with van der Waals surface area (Å²) in [6, 6.07) is 2.81. The summed E-state index contributed by atoms with van der Waals surface area (Å²) in [7, 11) is 0. The lowest BCUT2D eigenvalue weighted by molar-refractivity contribution is 0.0525. The summed E-state index contributed by atoms with van der Waals surface area (Å²) in [5, 5.41) is 8.98. The molecule has 1 N–H and O–H groups in total. The smallest absolute Gasteiger partial charge is 0.254 e. The fraction of sp³-hybridized carbons (Fsp3) is 0.500. The molecule has 1 aromatic heterocycles. The molecule has 0 aromatic carbocycles. The molecule has 4 nitrogen and oxygen atoms in total. The van der Waals surface area contributed by atoms with Crippen LogP contribution in [-0.4, -0.2) is 40.1 Å². The number of aromatic nitrogens is 1. The summed E-state index contributed by atoms with van der Waals surface area (Å²) in [5.41, 5.74) is 0.290. The molecule has 1 saturated carbocycles.